The van der Waals surface area contributed by atoms with Crippen molar-refractivity contribution >= 4 is 22.6 Å². The molecular formula is C17H18N4O. The summed E-state index contributed by atoms with van der Waals surface area (Å²) in [5.74, 6) is 0. The molecule has 5 nitrogen and oxygen atoms in total. The second kappa shape index (κ2) is 6.76. The van der Waals surface area contributed by atoms with Crippen LogP contribution >= 0.6 is 0 Å². The Balaban J connectivity index is 1.48. The number of H-pyrrole nitrogens is 1. The molecule has 0 spiro atoms. The average Bonchev–Trinajstić information content (AvgIpc) is 3.02. The van der Waals surface area contributed by atoms with Crippen LogP contribution in [-0.2, 0) is 6.42 Å². The zero-order valence-corrected chi connectivity index (χ0v) is 12.2. The fourth-order valence-corrected chi connectivity index (χ4v) is 2.38. The zero-order chi connectivity index (χ0) is 15.2. The van der Waals surface area contributed by atoms with Gasteiger partial charge in [-0.15, -0.1) is 0 Å². The Bertz CT molecular complexity index is 751. The highest BCUT2D eigenvalue weighted by Crippen LogP contribution is 2.20. The van der Waals surface area contributed by atoms with Crippen LogP contribution in [0.4, 0.5) is 10.5 Å². The van der Waals surface area contributed by atoms with Gasteiger partial charge in [0, 0.05) is 11.9 Å². The van der Waals surface area contributed by atoms with Gasteiger partial charge in [0.2, 0.25) is 0 Å². The van der Waals surface area contributed by atoms with Crippen LogP contribution in [0.3, 0.4) is 0 Å². The second-order valence-corrected chi connectivity index (χ2v) is 5.11. The largest absolute Gasteiger partial charge is 0.338 e. The number of nitrogens with one attached hydrogen (secondary N) is 3. The maximum Gasteiger partial charge on any atom is 0.319 e. The third-order valence-electron chi connectivity index (χ3n) is 3.50. The molecule has 112 valence electrons. The topological polar surface area (TPSA) is 69.8 Å². The van der Waals surface area contributed by atoms with Crippen LogP contribution in [-0.4, -0.2) is 22.8 Å². The summed E-state index contributed by atoms with van der Waals surface area (Å²) < 4.78 is 0. The lowest BCUT2D eigenvalue weighted by molar-refractivity contribution is 0.252. The van der Waals surface area contributed by atoms with Crippen molar-refractivity contribution in [3.63, 3.8) is 0 Å². The first kappa shape index (κ1) is 14.1. The fourth-order valence-electron chi connectivity index (χ4n) is 2.38. The number of nitrogens with zero attached hydrogens (tertiary/aromatic N) is 1. The number of hydrogen-bond donors (Lipinski definition) is 3. The monoisotopic (exact) mass is 294 g/mol. The van der Waals surface area contributed by atoms with Crippen LogP contribution in [0.15, 0.2) is 54.7 Å². The molecule has 0 bridgehead atoms. The summed E-state index contributed by atoms with van der Waals surface area (Å²) in [7, 11) is 0. The van der Waals surface area contributed by atoms with Crippen molar-refractivity contribution in [2.24, 2.45) is 0 Å². The van der Waals surface area contributed by atoms with E-state index in [-0.39, 0.29) is 6.03 Å². The van der Waals surface area contributed by atoms with Crippen molar-refractivity contribution in [2.45, 2.75) is 12.8 Å². The number of urea groups is 1. The van der Waals surface area contributed by atoms with E-state index in [1.54, 1.807) is 6.20 Å². The van der Waals surface area contributed by atoms with E-state index in [1.807, 2.05) is 36.4 Å². The molecule has 22 heavy (non-hydrogen) atoms. The number of amides is 2. The predicted octanol–water partition coefficient (Wildman–Crippen LogP) is 3.32. The number of carbonyl (C=O) groups is 1. The molecule has 0 aliphatic heterocycles. The van der Waals surface area contributed by atoms with Gasteiger partial charge in [-0.05, 0) is 30.5 Å². The van der Waals surface area contributed by atoms with Crippen LogP contribution < -0.4 is 10.6 Å². The minimum absolute atomic E-state index is 0.193. The van der Waals surface area contributed by atoms with Crippen LogP contribution in [0, 0.1) is 0 Å². The van der Waals surface area contributed by atoms with E-state index < -0.39 is 0 Å². The van der Waals surface area contributed by atoms with E-state index >= 15 is 0 Å². The first-order chi connectivity index (χ1) is 10.8. The van der Waals surface area contributed by atoms with E-state index in [9.17, 15) is 4.79 Å². The van der Waals surface area contributed by atoms with Gasteiger partial charge in [-0.1, -0.05) is 36.4 Å². The highest BCUT2D eigenvalue weighted by molar-refractivity contribution is 6.00. The lowest BCUT2D eigenvalue weighted by atomic mass is 10.1. The second-order valence-electron chi connectivity index (χ2n) is 5.11. The Kier molecular flexibility index (Phi) is 4.34. The van der Waals surface area contributed by atoms with Crippen molar-refractivity contribution in [3.05, 3.63) is 60.3 Å². The van der Waals surface area contributed by atoms with E-state index in [0.717, 1.165) is 29.4 Å². The van der Waals surface area contributed by atoms with Gasteiger partial charge >= 0.3 is 6.03 Å². The van der Waals surface area contributed by atoms with Crippen LogP contribution in [0.1, 0.15) is 12.0 Å². The molecule has 5 heteroatoms. The molecule has 3 N–H and O–H groups in total. The molecule has 0 radical (unpaired) electrons. The molecule has 0 atom stereocenters. The number of carbonyl (C=O) groups excluding carboxylic acids is 1. The number of aromatic amines is 1. The summed E-state index contributed by atoms with van der Waals surface area (Å²) >= 11 is 0. The summed E-state index contributed by atoms with van der Waals surface area (Å²) in [6, 6.07) is 15.7. The van der Waals surface area contributed by atoms with Crippen molar-refractivity contribution in [1.29, 1.82) is 0 Å². The Hall–Kier alpha value is -2.82. The summed E-state index contributed by atoms with van der Waals surface area (Å²) in [4.78, 5) is 11.9. The van der Waals surface area contributed by atoms with Crippen LogP contribution in [0.2, 0.25) is 0 Å². The van der Waals surface area contributed by atoms with Crippen molar-refractivity contribution in [3.8, 4) is 0 Å². The molecular weight excluding hydrogens is 276 g/mol. The van der Waals surface area contributed by atoms with Crippen molar-refractivity contribution in [1.82, 2.24) is 15.5 Å². The lowest BCUT2D eigenvalue weighted by Crippen LogP contribution is -2.29. The third kappa shape index (κ3) is 3.44. The predicted molar refractivity (Wildman–Crippen MR) is 87.9 cm³/mol. The first-order valence-electron chi connectivity index (χ1n) is 7.34. The highest BCUT2D eigenvalue weighted by Gasteiger charge is 2.06. The summed E-state index contributed by atoms with van der Waals surface area (Å²) in [6.07, 6.45) is 3.58. The van der Waals surface area contributed by atoms with Gasteiger partial charge in [-0.25, -0.2) is 4.79 Å². The number of aryl methyl sites for hydroxylation is 1. The molecule has 0 fully saturated rings. The smallest absolute Gasteiger partial charge is 0.319 e. The quantitative estimate of drug-likeness (QED) is 0.632. The highest BCUT2D eigenvalue weighted by atomic mass is 16.2. The molecule has 3 rings (SSSR count). The minimum atomic E-state index is -0.193. The third-order valence-corrected chi connectivity index (χ3v) is 3.50. The van der Waals surface area contributed by atoms with Crippen LogP contribution in [0.5, 0.6) is 0 Å². The normalized spacial score (nSPS) is 10.5. The molecule has 2 aromatic carbocycles. The average molecular weight is 294 g/mol. The minimum Gasteiger partial charge on any atom is -0.338 e. The van der Waals surface area contributed by atoms with Crippen LogP contribution in [0.25, 0.3) is 10.9 Å². The van der Waals surface area contributed by atoms with Crippen molar-refractivity contribution in [2.75, 3.05) is 11.9 Å². The van der Waals surface area contributed by atoms with E-state index in [0.29, 0.717) is 6.54 Å². The standard InChI is InChI=1S/C17H18N4O/c22-17(18-11-5-8-13-6-2-1-3-7-13)20-15-9-4-10-16-14(15)12-19-21-16/h1-4,6-7,9-10,12H,5,8,11H2,(H,19,21)(H2,18,20,22). The Morgan fingerprint density at radius 1 is 1.09 bits per heavy atom. The molecule has 0 aliphatic carbocycles. The number of aromatic nitrogens is 2. The van der Waals surface area contributed by atoms with Gasteiger partial charge in [0.1, 0.15) is 0 Å². The molecule has 0 unspecified atom stereocenters. The molecule has 1 heterocycles. The lowest BCUT2D eigenvalue weighted by Gasteiger charge is -2.08. The fraction of sp³-hybridized carbons (Fsp3) is 0.176. The number of benzene rings is 2. The molecule has 0 aliphatic rings. The number of anilines is 1. The van der Waals surface area contributed by atoms with Gasteiger partial charge in [0.05, 0.1) is 17.4 Å². The van der Waals surface area contributed by atoms with E-state index in [2.05, 4.69) is 33.0 Å². The Labute approximate surface area is 128 Å². The van der Waals surface area contributed by atoms with Gasteiger partial charge in [0.25, 0.3) is 0 Å². The zero-order valence-electron chi connectivity index (χ0n) is 12.2. The first-order valence-corrected chi connectivity index (χ1v) is 7.34. The molecule has 2 amide bonds. The molecule has 0 saturated heterocycles. The van der Waals surface area contributed by atoms with Gasteiger partial charge < -0.3 is 10.6 Å². The molecule has 1 aromatic heterocycles. The Morgan fingerprint density at radius 3 is 2.82 bits per heavy atom. The number of fused-ring (bicyclic) bond motifs is 1. The van der Waals surface area contributed by atoms with Gasteiger partial charge in [-0.2, -0.15) is 5.10 Å². The Morgan fingerprint density at radius 2 is 1.95 bits per heavy atom. The molecule has 3 aromatic rings. The van der Waals surface area contributed by atoms with Crippen molar-refractivity contribution < 1.29 is 4.79 Å². The summed E-state index contributed by atoms with van der Waals surface area (Å²) in [6.45, 7) is 0.641. The van der Waals surface area contributed by atoms with E-state index in [4.69, 9.17) is 0 Å². The summed E-state index contributed by atoms with van der Waals surface area (Å²) in [5, 5.41) is 13.5. The summed E-state index contributed by atoms with van der Waals surface area (Å²) in [5.41, 5.74) is 2.95. The van der Waals surface area contributed by atoms with Gasteiger partial charge in [-0.3, -0.25) is 5.10 Å². The number of rotatable bonds is 5. The maximum absolute atomic E-state index is 11.9. The number of hydrogen-bond acceptors (Lipinski definition) is 2. The maximum atomic E-state index is 11.9. The SMILES string of the molecule is O=C(NCCCc1ccccc1)Nc1cccc2[nH]ncc12. The molecule has 0 saturated carbocycles. The van der Waals surface area contributed by atoms with Gasteiger partial charge in [0.15, 0.2) is 0 Å². The van der Waals surface area contributed by atoms with E-state index in [1.165, 1.54) is 5.56 Å².